The van der Waals surface area contributed by atoms with Crippen LogP contribution >= 0.6 is 7.75 Å². The molecule has 1 aromatic carbocycles. The van der Waals surface area contributed by atoms with Gasteiger partial charge in [0.25, 0.3) is 0 Å². The van der Waals surface area contributed by atoms with Crippen molar-refractivity contribution < 1.29 is 46.9 Å². The van der Waals surface area contributed by atoms with E-state index in [1.54, 1.807) is 63.2 Å². The Hall–Kier alpha value is -4.04. The minimum Gasteiger partial charge on any atom is -0.462 e. The highest BCUT2D eigenvalue weighted by Gasteiger charge is 2.59. The molecule has 6 atom stereocenters. The van der Waals surface area contributed by atoms with Crippen molar-refractivity contribution in [1.82, 2.24) is 19.7 Å². The van der Waals surface area contributed by atoms with Crippen molar-refractivity contribution in [2.24, 2.45) is 0 Å². The predicted molar refractivity (Wildman–Crippen MR) is 155 cm³/mol. The van der Waals surface area contributed by atoms with E-state index in [2.05, 4.69) is 15.2 Å². The Bertz CT molecular complexity index is 1550. The lowest BCUT2D eigenvalue weighted by molar-refractivity contribution is -0.168. The van der Waals surface area contributed by atoms with E-state index in [-0.39, 0.29) is 11.6 Å². The molecule has 0 aliphatic carbocycles. The first kappa shape index (κ1) is 32.9. The van der Waals surface area contributed by atoms with Gasteiger partial charge in [-0.05, 0) is 52.0 Å². The highest BCUT2D eigenvalue weighted by atomic mass is 31.2. The molecule has 1 saturated heterocycles. The Morgan fingerprint density at radius 1 is 1.09 bits per heavy atom. The van der Waals surface area contributed by atoms with Gasteiger partial charge in [-0.2, -0.15) is 10.2 Å². The molecule has 15 nitrogen and oxygen atoms in total. The van der Waals surface area contributed by atoms with Crippen molar-refractivity contribution in [1.29, 1.82) is 0 Å². The molecule has 0 radical (unpaired) electrons. The first-order valence-electron chi connectivity index (χ1n) is 13.8. The summed E-state index contributed by atoms with van der Waals surface area (Å²) in [7, 11) is -4.32. The van der Waals surface area contributed by atoms with Crippen LogP contribution in [0.4, 0.5) is 5.82 Å². The molecule has 3 N–H and O–H groups in total. The van der Waals surface area contributed by atoms with Gasteiger partial charge in [0.15, 0.2) is 18.0 Å². The summed E-state index contributed by atoms with van der Waals surface area (Å²) in [4.78, 5) is 41.0. The van der Waals surface area contributed by atoms with Crippen LogP contribution in [-0.4, -0.2) is 69.6 Å². The van der Waals surface area contributed by atoms with Gasteiger partial charge >= 0.3 is 25.7 Å². The monoisotopic (exact) mass is 633 g/mol. The minimum atomic E-state index is -4.32. The van der Waals surface area contributed by atoms with Gasteiger partial charge in [-0.25, -0.2) is 14.1 Å². The second-order valence-corrected chi connectivity index (χ2v) is 12.3. The number of carbonyl (C=O) groups is 3. The van der Waals surface area contributed by atoms with Gasteiger partial charge in [-0.1, -0.05) is 18.2 Å². The maximum atomic E-state index is 14.1. The molecule has 0 amide bonds. The Morgan fingerprint density at radius 3 is 2.41 bits per heavy atom. The van der Waals surface area contributed by atoms with E-state index in [4.69, 9.17) is 33.7 Å². The summed E-state index contributed by atoms with van der Waals surface area (Å²) >= 11 is 0. The number of aromatic nitrogens is 3. The molecule has 1 fully saturated rings. The van der Waals surface area contributed by atoms with E-state index < -0.39 is 68.3 Å². The van der Waals surface area contributed by atoms with Crippen LogP contribution < -0.4 is 15.3 Å². The van der Waals surface area contributed by atoms with E-state index in [1.165, 1.54) is 31.6 Å². The third-order valence-corrected chi connectivity index (χ3v) is 8.27. The molecule has 0 unspecified atom stereocenters. The molecule has 1 aliphatic rings. The molecule has 1 aliphatic heterocycles. The van der Waals surface area contributed by atoms with Crippen LogP contribution in [0.15, 0.2) is 48.8 Å². The number of nitrogens with zero attached hydrogens (tertiary/aromatic N) is 3. The van der Waals surface area contributed by atoms with Crippen molar-refractivity contribution in [2.45, 2.75) is 77.6 Å². The van der Waals surface area contributed by atoms with Crippen molar-refractivity contribution in [3.8, 4) is 5.75 Å². The summed E-state index contributed by atoms with van der Waals surface area (Å²) in [6, 6.07) is 10.4. The summed E-state index contributed by atoms with van der Waals surface area (Å²) in [5, 5.41) is 6.87. The maximum Gasteiger partial charge on any atom is 0.459 e. The number of nitrogen functional groups attached to an aromatic ring is 1. The molecule has 3 heterocycles. The summed E-state index contributed by atoms with van der Waals surface area (Å²) in [5.41, 5.74) is 5.41. The second-order valence-electron chi connectivity index (χ2n) is 10.6. The van der Waals surface area contributed by atoms with Crippen LogP contribution in [0.2, 0.25) is 0 Å². The number of esters is 3. The number of nitrogens with two attached hydrogens (primary N) is 1. The van der Waals surface area contributed by atoms with Crippen LogP contribution in [0.25, 0.3) is 5.52 Å². The first-order chi connectivity index (χ1) is 20.7. The zero-order valence-corrected chi connectivity index (χ0v) is 26.1. The van der Waals surface area contributed by atoms with Gasteiger partial charge in [0, 0.05) is 13.8 Å². The summed E-state index contributed by atoms with van der Waals surface area (Å²) in [6.07, 6.45) is -2.73. The molecule has 0 saturated carbocycles. The van der Waals surface area contributed by atoms with Gasteiger partial charge in [0.05, 0.1) is 18.4 Å². The standard InChI is InChI=1S/C28H36N5O10P/c1-16(2)39-27(36)17(3)32-44(37,43-20-10-8-7-9-11-20)38-14-22-24(40-18(4)34)25(41-19(5)35)28(6,42-22)23-13-12-21-26(29)30-15-31-33(21)23/h7-13,15-17,22,24-25H,14H2,1-6H3,(H,32,37)(H2,29,30,31)/t17-,22+,24+,25+,28-,44-/m0/s1. The van der Waals surface area contributed by atoms with Gasteiger partial charge < -0.3 is 29.2 Å². The van der Waals surface area contributed by atoms with Crippen LogP contribution in [-0.2, 0) is 48.0 Å². The molecule has 2 aromatic heterocycles. The number of rotatable bonds is 12. The van der Waals surface area contributed by atoms with Crippen molar-refractivity contribution in [2.75, 3.05) is 12.3 Å². The second kappa shape index (κ2) is 13.3. The Labute approximate surface area is 253 Å². The number of hydrogen-bond donors (Lipinski definition) is 2. The van der Waals surface area contributed by atoms with E-state index >= 15 is 0 Å². The van der Waals surface area contributed by atoms with Crippen molar-refractivity contribution >= 4 is 37.0 Å². The average Bonchev–Trinajstić information content (AvgIpc) is 3.49. The molecule has 0 bridgehead atoms. The fraction of sp³-hybridized carbons (Fsp3) is 0.464. The molecule has 238 valence electrons. The fourth-order valence-corrected chi connectivity index (χ4v) is 6.32. The van der Waals surface area contributed by atoms with Crippen molar-refractivity contribution in [3.63, 3.8) is 0 Å². The smallest absolute Gasteiger partial charge is 0.459 e. The third kappa shape index (κ3) is 7.36. The van der Waals surface area contributed by atoms with Crippen LogP contribution in [0.1, 0.15) is 47.2 Å². The lowest BCUT2D eigenvalue weighted by Crippen LogP contribution is -2.45. The fourth-order valence-electron chi connectivity index (χ4n) is 4.81. The SMILES string of the molecule is CC(=O)O[C@H]1[C@@H](OC(C)=O)[C@](C)(c2ccc3c(N)ncnn23)O[C@@H]1CO[P@@](=O)(N[C@@H](C)C(=O)OC(C)C)Oc1ccccc1. The van der Waals surface area contributed by atoms with E-state index in [9.17, 15) is 18.9 Å². The van der Waals surface area contributed by atoms with Crippen LogP contribution in [0, 0.1) is 0 Å². The number of para-hydroxylation sites is 1. The predicted octanol–water partition coefficient (Wildman–Crippen LogP) is 2.92. The topological polar surface area (TPSA) is 192 Å². The van der Waals surface area contributed by atoms with Gasteiger partial charge in [-0.15, -0.1) is 0 Å². The molecule has 3 aromatic rings. The Kier molecular flexibility index (Phi) is 9.94. The van der Waals surface area contributed by atoms with E-state index in [1.807, 2.05) is 0 Å². The number of benzene rings is 1. The zero-order valence-electron chi connectivity index (χ0n) is 25.2. The average molecular weight is 634 g/mol. The summed E-state index contributed by atoms with van der Waals surface area (Å²) in [5.74, 6) is -1.65. The minimum absolute atomic E-state index is 0.191. The lowest BCUT2D eigenvalue weighted by atomic mass is 9.92. The molecular formula is C28H36N5O10P. The Balaban J connectivity index is 1.69. The molecule has 16 heteroatoms. The van der Waals surface area contributed by atoms with Crippen molar-refractivity contribution in [3.05, 3.63) is 54.5 Å². The zero-order chi connectivity index (χ0) is 32.2. The summed E-state index contributed by atoms with van der Waals surface area (Å²) < 4.78 is 50.0. The quantitative estimate of drug-likeness (QED) is 0.168. The third-order valence-electron chi connectivity index (χ3n) is 6.62. The van der Waals surface area contributed by atoms with Gasteiger partial charge in [0.1, 0.15) is 35.3 Å². The van der Waals surface area contributed by atoms with Gasteiger partial charge in [0.2, 0.25) is 0 Å². The normalized spacial score (nSPS) is 23.6. The molecule has 44 heavy (non-hydrogen) atoms. The highest BCUT2D eigenvalue weighted by Crippen LogP contribution is 2.48. The summed E-state index contributed by atoms with van der Waals surface area (Å²) in [6.45, 7) is 8.33. The number of fused-ring (bicyclic) bond motifs is 1. The van der Waals surface area contributed by atoms with E-state index in [0.717, 1.165) is 0 Å². The molecule has 0 spiro atoms. The number of anilines is 1. The van der Waals surface area contributed by atoms with Crippen LogP contribution in [0.3, 0.4) is 0 Å². The van der Waals surface area contributed by atoms with Crippen LogP contribution in [0.5, 0.6) is 5.75 Å². The molecule has 4 rings (SSSR count). The number of carbonyl (C=O) groups excluding carboxylic acids is 3. The lowest BCUT2D eigenvalue weighted by Gasteiger charge is -2.30. The Morgan fingerprint density at radius 2 is 1.77 bits per heavy atom. The molecular weight excluding hydrogens is 597 g/mol. The van der Waals surface area contributed by atoms with E-state index in [0.29, 0.717) is 11.2 Å². The largest absolute Gasteiger partial charge is 0.462 e. The maximum absolute atomic E-state index is 14.1. The number of nitrogens with one attached hydrogen (secondary N) is 1. The number of ether oxygens (including phenoxy) is 4. The first-order valence-corrected chi connectivity index (χ1v) is 15.3. The highest BCUT2D eigenvalue weighted by molar-refractivity contribution is 7.52. The van der Waals surface area contributed by atoms with Gasteiger partial charge in [-0.3, -0.25) is 18.9 Å². The number of hydrogen-bond acceptors (Lipinski definition) is 13.